The second-order valence-corrected chi connectivity index (χ2v) is 7.96. The maximum atomic E-state index is 12.4. The van der Waals surface area contributed by atoms with E-state index in [1.165, 1.54) is 22.6 Å². The minimum atomic E-state index is -4.46. The molecule has 0 unspecified atom stereocenters. The van der Waals surface area contributed by atoms with Crippen LogP contribution in [0, 0.1) is 0 Å². The Bertz CT molecular complexity index is 689. The summed E-state index contributed by atoms with van der Waals surface area (Å²) in [4.78, 5) is 15.3. The van der Waals surface area contributed by atoms with Gasteiger partial charge >= 0.3 is 6.18 Å². The molecule has 1 N–H and O–H groups in total. The van der Waals surface area contributed by atoms with Gasteiger partial charge in [0, 0.05) is 19.3 Å². The largest absolute Gasteiger partial charge is 0.405 e. The van der Waals surface area contributed by atoms with E-state index in [1.807, 2.05) is 0 Å². The van der Waals surface area contributed by atoms with Gasteiger partial charge in [-0.05, 0) is 12.1 Å². The highest BCUT2D eigenvalue weighted by atomic mass is 32.2. The zero-order valence-electron chi connectivity index (χ0n) is 13.0. The first-order valence-corrected chi connectivity index (χ1v) is 9.61. The lowest BCUT2D eigenvalue weighted by Crippen LogP contribution is -2.40. The fourth-order valence-corrected chi connectivity index (χ4v) is 3.96. The predicted molar refractivity (Wildman–Crippen MR) is 83.6 cm³/mol. The van der Waals surface area contributed by atoms with Crippen molar-refractivity contribution in [2.24, 2.45) is 0 Å². The van der Waals surface area contributed by atoms with Crippen LogP contribution in [-0.2, 0) is 19.6 Å². The summed E-state index contributed by atoms with van der Waals surface area (Å²) < 4.78 is 67.2. The molecule has 1 aliphatic heterocycles. The SMILES string of the molecule is O=C(CSc1ccc(S(=O)(=O)N2CCOCC2)cn1)NCC(F)(F)F. The van der Waals surface area contributed by atoms with Gasteiger partial charge in [-0.25, -0.2) is 13.4 Å². The fraction of sp³-hybridized carbons (Fsp3) is 0.538. The summed E-state index contributed by atoms with van der Waals surface area (Å²) in [7, 11) is -3.66. The van der Waals surface area contributed by atoms with Gasteiger partial charge in [-0.1, -0.05) is 11.8 Å². The van der Waals surface area contributed by atoms with Crippen molar-refractivity contribution in [1.29, 1.82) is 0 Å². The first-order valence-electron chi connectivity index (χ1n) is 7.19. The number of aromatic nitrogens is 1. The monoisotopic (exact) mass is 399 g/mol. The smallest absolute Gasteiger partial charge is 0.379 e. The van der Waals surface area contributed by atoms with Crippen molar-refractivity contribution in [2.75, 3.05) is 38.6 Å². The van der Waals surface area contributed by atoms with Crippen LogP contribution in [0.5, 0.6) is 0 Å². The van der Waals surface area contributed by atoms with Crippen LogP contribution < -0.4 is 5.32 Å². The predicted octanol–water partition coefficient (Wildman–Crippen LogP) is 0.873. The first-order chi connectivity index (χ1) is 11.7. The second kappa shape index (κ2) is 8.34. The van der Waals surface area contributed by atoms with E-state index < -0.39 is 28.7 Å². The van der Waals surface area contributed by atoms with Gasteiger partial charge < -0.3 is 10.1 Å². The summed E-state index contributed by atoms with van der Waals surface area (Å²) in [5.74, 6) is -1.03. The van der Waals surface area contributed by atoms with Crippen molar-refractivity contribution in [2.45, 2.75) is 16.1 Å². The molecule has 25 heavy (non-hydrogen) atoms. The van der Waals surface area contributed by atoms with Crippen molar-refractivity contribution in [3.8, 4) is 0 Å². The van der Waals surface area contributed by atoms with Crippen molar-refractivity contribution < 1.29 is 31.1 Å². The van der Waals surface area contributed by atoms with Gasteiger partial charge in [-0.15, -0.1) is 0 Å². The van der Waals surface area contributed by atoms with Gasteiger partial charge in [0.15, 0.2) is 0 Å². The lowest BCUT2D eigenvalue weighted by atomic mass is 10.5. The lowest BCUT2D eigenvalue weighted by Gasteiger charge is -2.25. The molecule has 0 aromatic carbocycles. The van der Waals surface area contributed by atoms with Gasteiger partial charge in [-0.3, -0.25) is 4.79 Å². The third-order valence-corrected chi connectivity index (χ3v) is 5.98. The highest BCUT2D eigenvalue weighted by Crippen LogP contribution is 2.20. The number of alkyl halides is 3. The van der Waals surface area contributed by atoms with E-state index in [0.29, 0.717) is 18.2 Å². The second-order valence-electron chi connectivity index (χ2n) is 5.03. The van der Waals surface area contributed by atoms with Crippen LogP contribution in [0.4, 0.5) is 13.2 Å². The quantitative estimate of drug-likeness (QED) is 0.715. The van der Waals surface area contributed by atoms with Crippen molar-refractivity contribution in [3.05, 3.63) is 18.3 Å². The Morgan fingerprint density at radius 1 is 1.32 bits per heavy atom. The molecule has 0 spiro atoms. The first kappa shape index (κ1) is 19.9. The lowest BCUT2D eigenvalue weighted by molar-refractivity contribution is -0.136. The molecule has 0 bridgehead atoms. The van der Waals surface area contributed by atoms with E-state index in [2.05, 4.69) is 4.98 Å². The molecule has 0 radical (unpaired) electrons. The van der Waals surface area contributed by atoms with E-state index in [1.54, 1.807) is 5.32 Å². The van der Waals surface area contributed by atoms with Gasteiger partial charge in [0.2, 0.25) is 15.9 Å². The van der Waals surface area contributed by atoms with E-state index >= 15 is 0 Å². The summed E-state index contributed by atoms with van der Waals surface area (Å²) in [5, 5.41) is 2.08. The maximum absolute atomic E-state index is 12.4. The molecular weight excluding hydrogens is 383 g/mol. The molecule has 7 nitrogen and oxygen atoms in total. The highest BCUT2D eigenvalue weighted by Gasteiger charge is 2.28. The zero-order valence-corrected chi connectivity index (χ0v) is 14.6. The van der Waals surface area contributed by atoms with Crippen LogP contribution >= 0.6 is 11.8 Å². The number of nitrogens with one attached hydrogen (secondary N) is 1. The molecule has 1 aromatic heterocycles. The molecule has 0 atom stereocenters. The van der Waals surface area contributed by atoms with Gasteiger partial charge in [0.25, 0.3) is 0 Å². The Labute approximate surface area is 147 Å². The third-order valence-electron chi connectivity index (χ3n) is 3.15. The number of nitrogens with zero attached hydrogens (tertiary/aromatic N) is 2. The summed E-state index contributed by atoms with van der Waals surface area (Å²) in [6.07, 6.45) is -3.30. The number of thioether (sulfide) groups is 1. The molecular formula is C13H16F3N3O4S2. The molecule has 1 amide bonds. The molecule has 2 rings (SSSR count). The normalized spacial score (nSPS) is 16.6. The van der Waals surface area contributed by atoms with E-state index in [4.69, 9.17) is 4.74 Å². The Morgan fingerprint density at radius 3 is 2.56 bits per heavy atom. The molecule has 12 heteroatoms. The van der Waals surface area contributed by atoms with Crippen molar-refractivity contribution in [3.63, 3.8) is 0 Å². The van der Waals surface area contributed by atoms with Crippen LogP contribution in [0.15, 0.2) is 28.3 Å². The molecule has 140 valence electrons. The van der Waals surface area contributed by atoms with Crippen LogP contribution in [0.3, 0.4) is 0 Å². The van der Waals surface area contributed by atoms with E-state index in [9.17, 15) is 26.4 Å². The summed E-state index contributed by atoms with van der Waals surface area (Å²) in [6.45, 7) is -0.214. The number of hydrogen-bond acceptors (Lipinski definition) is 6. The molecule has 0 aliphatic carbocycles. The van der Waals surface area contributed by atoms with Crippen LogP contribution in [0.1, 0.15) is 0 Å². The Morgan fingerprint density at radius 2 is 2.00 bits per heavy atom. The van der Waals surface area contributed by atoms with Gasteiger partial charge in [0.05, 0.1) is 24.0 Å². The number of morpholine rings is 1. The summed E-state index contributed by atoms with van der Waals surface area (Å²) >= 11 is 0.915. The standard InChI is InChI=1S/C13H16F3N3O4S2/c14-13(15,16)9-18-11(20)8-24-12-2-1-10(7-17-12)25(21,22)19-3-5-23-6-4-19/h1-2,7H,3-6,8-9H2,(H,18,20). The summed E-state index contributed by atoms with van der Waals surface area (Å²) in [6, 6.07) is 2.77. The number of hydrogen-bond donors (Lipinski definition) is 1. The number of carbonyl (C=O) groups excluding carboxylic acids is 1. The minimum Gasteiger partial charge on any atom is -0.379 e. The summed E-state index contributed by atoms with van der Waals surface area (Å²) in [5.41, 5.74) is 0. The molecule has 1 fully saturated rings. The van der Waals surface area contributed by atoms with Gasteiger partial charge in [-0.2, -0.15) is 17.5 Å². The molecule has 1 saturated heterocycles. The minimum absolute atomic E-state index is 0.0141. The number of pyridine rings is 1. The Kier molecular flexibility index (Phi) is 6.65. The Balaban J connectivity index is 1.90. The molecule has 1 aliphatic rings. The maximum Gasteiger partial charge on any atom is 0.405 e. The topological polar surface area (TPSA) is 88.6 Å². The Hall–Kier alpha value is -1.37. The van der Waals surface area contributed by atoms with Crippen molar-refractivity contribution in [1.82, 2.24) is 14.6 Å². The third kappa shape index (κ3) is 6.13. The number of amides is 1. The molecule has 0 saturated carbocycles. The van der Waals surface area contributed by atoms with Crippen LogP contribution in [0.2, 0.25) is 0 Å². The number of sulfonamides is 1. The number of ether oxygens (including phenoxy) is 1. The average Bonchev–Trinajstić information content (AvgIpc) is 2.58. The average molecular weight is 399 g/mol. The van der Waals surface area contributed by atoms with Crippen molar-refractivity contribution >= 4 is 27.7 Å². The number of halogens is 3. The molecule has 1 aromatic rings. The number of rotatable bonds is 6. The van der Waals surface area contributed by atoms with Crippen LogP contribution in [-0.4, -0.2) is 68.4 Å². The van der Waals surface area contributed by atoms with Crippen LogP contribution in [0.25, 0.3) is 0 Å². The highest BCUT2D eigenvalue weighted by molar-refractivity contribution is 7.99. The number of carbonyl (C=O) groups is 1. The van der Waals surface area contributed by atoms with Gasteiger partial charge in [0.1, 0.15) is 11.4 Å². The molecule has 2 heterocycles. The zero-order chi connectivity index (χ0) is 18.5. The van der Waals surface area contributed by atoms with E-state index in [-0.39, 0.29) is 23.7 Å². The fourth-order valence-electron chi connectivity index (χ4n) is 1.93. The van der Waals surface area contributed by atoms with E-state index in [0.717, 1.165) is 11.8 Å².